The SMILES string of the molecule is CC(C)Sc1nc(C(=O)N[C@H]2CCOC2=O)co1. The Morgan fingerprint density at radius 1 is 1.61 bits per heavy atom. The van der Waals surface area contributed by atoms with E-state index in [1.54, 1.807) is 0 Å². The Hall–Kier alpha value is -1.50. The predicted molar refractivity (Wildman–Crippen MR) is 64.3 cm³/mol. The molecule has 1 saturated heterocycles. The largest absolute Gasteiger partial charge is 0.464 e. The van der Waals surface area contributed by atoms with Crippen LogP contribution in [-0.2, 0) is 9.53 Å². The first kappa shape index (κ1) is 12.9. The molecule has 1 fully saturated rings. The van der Waals surface area contributed by atoms with E-state index in [1.165, 1.54) is 18.0 Å². The van der Waals surface area contributed by atoms with Crippen molar-refractivity contribution in [2.24, 2.45) is 0 Å². The zero-order chi connectivity index (χ0) is 13.1. The number of rotatable bonds is 4. The van der Waals surface area contributed by atoms with Crippen LogP contribution < -0.4 is 5.32 Å². The lowest BCUT2D eigenvalue weighted by Gasteiger charge is -2.05. The second-order valence-electron chi connectivity index (χ2n) is 4.15. The summed E-state index contributed by atoms with van der Waals surface area (Å²) < 4.78 is 9.92. The summed E-state index contributed by atoms with van der Waals surface area (Å²) in [7, 11) is 0. The lowest BCUT2D eigenvalue weighted by Crippen LogP contribution is -2.38. The Kier molecular flexibility index (Phi) is 3.90. The molecule has 1 aromatic heterocycles. The zero-order valence-electron chi connectivity index (χ0n) is 10.1. The van der Waals surface area contributed by atoms with Crippen LogP contribution in [0.15, 0.2) is 15.9 Å². The van der Waals surface area contributed by atoms with Gasteiger partial charge in [-0.05, 0) is 0 Å². The fraction of sp³-hybridized carbons (Fsp3) is 0.545. The summed E-state index contributed by atoms with van der Waals surface area (Å²) in [6.07, 6.45) is 1.79. The molecule has 7 heteroatoms. The quantitative estimate of drug-likeness (QED) is 0.654. The van der Waals surface area contributed by atoms with Gasteiger partial charge in [-0.15, -0.1) is 0 Å². The molecule has 0 saturated carbocycles. The Bertz CT molecular complexity index is 458. The third kappa shape index (κ3) is 3.04. The maximum atomic E-state index is 11.8. The van der Waals surface area contributed by atoms with E-state index in [1.807, 2.05) is 13.8 Å². The Balaban J connectivity index is 1.96. The van der Waals surface area contributed by atoms with Gasteiger partial charge in [-0.2, -0.15) is 4.98 Å². The molecule has 0 unspecified atom stereocenters. The van der Waals surface area contributed by atoms with E-state index >= 15 is 0 Å². The van der Waals surface area contributed by atoms with Crippen molar-refractivity contribution >= 4 is 23.6 Å². The van der Waals surface area contributed by atoms with Gasteiger partial charge < -0.3 is 14.5 Å². The molecule has 0 bridgehead atoms. The Morgan fingerprint density at radius 3 is 3.00 bits per heavy atom. The van der Waals surface area contributed by atoms with Gasteiger partial charge in [0.25, 0.3) is 11.1 Å². The third-order valence-corrected chi connectivity index (χ3v) is 3.15. The maximum Gasteiger partial charge on any atom is 0.328 e. The van der Waals surface area contributed by atoms with Crippen molar-refractivity contribution in [3.05, 3.63) is 12.0 Å². The van der Waals surface area contributed by atoms with E-state index in [0.717, 1.165) is 0 Å². The molecule has 1 N–H and O–H groups in total. The third-order valence-electron chi connectivity index (χ3n) is 2.29. The number of esters is 1. The van der Waals surface area contributed by atoms with Gasteiger partial charge in [-0.3, -0.25) is 4.79 Å². The molecule has 2 rings (SSSR count). The number of thioether (sulfide) groups is 1. The zero-order valence-corrected chi connectivity index (χ0v) is 11.0. The van der Waals surface area contributed by atoms with E-state index in [0.29, 0.717) is 23.5 Å². The van der Waals surface area contributed by atoms with Crippen molar-refractivity contribution in [1.29, 1.82) is 0 Å². The average Bonchev–Trinajstić information content (AvgIpc) is 2.88. The van der Waals surface area contributed by atoms with Gasteiger partial charge >= 0.3 is 5.97 Å². The van der Waals surface area contributed by atoms with Crippen molar-refractivity contribution in [3.63, 3.8) is 0 Å². The minimum atomic E-state index is -0.574. The van der Waals surface area contributed by atoms with E-state index < -0.39 is 17.9 Å². The summed E-state index contributed by atoms with van der Waals surface area (Å²) in [5.74, 6) is -0.818. The average molecular weight is 270 g/mol. The van der Waals surface area contributed by atoms with Crippen LogP contribution in [0.2, 0.25) is 0 Å². The van der Waals surface area contributed by atoms with E-state index in [4.69, 9.17) is 9.15 Å². The summed E-state index contributed by atoms with van der Waals surface area (Å²) in [6, 6.07) is -0.574. The summed E-state index contributed by atoms with van der Waals surface area (Å²) in [6.45, 7) is 4.35. The molecule has 0 aromatic carbocycles. The number of hydrogen-bond acceptors (Lipinski definition) is 6. The predicted octanol–water partition coefficient (Wildman–Crippen LogP) is 1.22. The summed E-state index contributed by atoms with van der Waals surface area (Å²) in [5.41, 5.74) is 0.179. The highest BCUT2D eigenvalue weighted by atomic mass is 32.2. The number of carbonyl (C=O) groups is 2. The van der Waals surface area contributed by atoms with Crippen molar-refractivity contribution in [2.45, 2.75) is 36.8 Å². The summed E-state index contributed by atoms with van der Waals surface area (Å²) >= 11 is 1.43. The molecule has 98 valence electrons. The van der Waals surface area contributed by atoms with Crippen LogP contribution in [0.25, 0.3) is 0 Å². The van der Waals surface area contributed by atoms with Gasteiger partial charge in [-0.1, -0.05) is 25.6 Å². The molecule has 0 radical (unpaired) electrons. The summed E-state index contributed by atoms with van der Waals surface area (Å²) in [4.78, 5) is 27.1. The number of nitrogens with zero attached hydrogens (tertiary/aromatic N) is 1. The fourth-order valence-electron chi connectivity index (χ4n) is 1.48. The lowest BCUT2D eigenvalue weighted by molar-refractivity contribution is -0.139. The molecule has 1 aliphatic rings. The van der Waals surface area contributed by atoms with Crippen molar-refractivity contribution in [1.82, 2.24) is 10.3 Å². The van der Waals surface area contributed by atoms with Gasteiger partial charge in [0.05, 0.1) is 6.61 Å². The van der Waals surface area contributed by atoms with E-state index in [9.17, 15) is 9.59 Å². The number of aromatic nitrogens is 1. The molecule has 1 amide bonds. The van der Waals surface area contributed by atoms with Crippen molar-refractivity contribution in [3.8, 4) is 0 Å². The smallest absolute Gasteiger partial charge is 0.328 e. The van der Waals surface area contributed by atoms with Crippen molar-refractivity contribution < 1.29 is 18.7 Å². The number of cyclic esters (lactones) is 1. The van der Waals surface area contributed by atoms with E-state index in [2.05, 4.69) is 10.3 Å². The highest BCUT2D eigenvalue weighted by Gasteiger charge is 2.29. The molecule has 1 aliphatic heterocycles. The number of oxazole rings is 1. The topological polar surface area (TPSA) is 81.4 Å². The first-order valence-corrected chi connectivity index (χ1v) is 6.54. The van der Waals surface area contributed by atoms with Gasteiger partial charge in [-0.25, -0.2) is 4.79 Å². The minimum absolute atomic E-state index is 0.179. The van der Waals surface area contributed by atoms with Crippen LogP contribution >= 0.6 is 11.8 Å². The van der Waals surface area contributed by atoms with Crippen LogP contribution in [0.1, 0.15) is 30.8 Å². The number of hydrogen-bond donors (Lipinski definition) is 1. The first-order valence-electron chi connectivity index (χ1n) is 5.66. The second kappa shape index (κ2) is 5.43. The van der Waals surface area contributed by atoms with Crippen molar-refractivity contribution in [2.75, 3.05) is 6.61 Å². The molecule has 18 heavy (non-hydrogen) atoms. The van der Waals surface area contributed by atoms with Gasteiger partial charge in [0.15, 0.2) is 5.69 Å². The molecule has 1 atom stereocenters. The van der Waals surface area contributed by atoms with Crippen LogP contribution in [0.3, 0.4) is 0 Å². The molecule has 2 heterocycles. The molecule has 1 aromatic rings. The molecule has 0 aliphatic carbocycles. The molecular weight excluding hydrogens is 256 g/mol. The van der Waals surface area contributed by atoms with Crippen LogP contribution in [0.5, 0.6) is 0 Å². The standard InChI is InChI=1S/C11H14N2O4S/c1-6(2)18-11-13-8(5-17-11)9(14)12-7-3-4-16-10(7)15/h5-7H,3-4H2,1-2H3,(H,12,14)/t7-/m0/s1. The molecule has 6 nitrogen and oxygen atoms in total. The van der Waals surface area contributed by atoms with Gasteiger partial charge in [0.1, 0.15) is 12.3 Å². The number of amides is 1. The number of ether oxygens (including phenoxy) is 1. The molecule has 0 spiro atoms. The normalized spacial score (nSPS) is 19.1. The second-order valence-corrected chi connectivity index (χ2v) is 5.68. The number of nitrogens with one attached hydrogen (secondary N) is 1. The highest BCUT2D eigenvalue weighted by molar-refractivity contribution is 7.99. The van der Waals surface area contributed by atoms with E-state index in [-0.39, 0.29) is 5.69 Å². The number of carbonyl (C=O) groups excluding carboxylic acids is 2. The van der Waals surface area contributed by atoms with Crippen LogP contribution in [-0.4, -0.2) is 34.8 Å². The maximum absolute atomic E-state index is 11.8. The molecular formula is C11H14N2O4S. The lowest BCUT2D eigenvalue weighted by atomic mass is 10.2. The van der Waals surface area contributed by atoms with Gasteiger partial charge in [0.2, 0.25) is 0 Å². The Morgan fingerprint density at radius 2 is 2.39 bits per heavy atom. The first-order chi connectivity index (χ1) is 8.56. The van der Waals surface area contributed by atoms with Crippen LogP contribution in [0, 0.1) is 0 Å². The van der Waals surface area contributed by atoms with Crippen LogP contribution in [0.4, 0.5) is 0 Å². The Labute approximate surface area is 108 Å². The van der Waals surface area contributed by atoms with Gasteiger partial charge in [0, 0.05) is 11.7 Å². The minimum Gasteiger partial charge on any atom is -0.464 e. The fourth-order valence-corrected chi connectivity index (χ4v) is 2.13. The monoisotopic (exact) mass is 270 g/mol. The highest BCUT2D eigenvalue weighted by Crippen LogP contribution is 2.21. The summed E-state index contributed by atoms with van der Waals surface area (Å²) in [5, 5.41) is 3.34.